The summed E-state index contributed by atoms with van der Waals surface area (Å²) in [5, 5.41) is 10.5. The Morgan fingerprint density at radius 3 is 2.13 bits per heavy atom. The summed E-state index contributed by atoms with van der Waals surface area (Å²) in [5.41, 5.74) is -1.38. The van der Waals surface area contributed by atoms with E-state index in [-0.39, 0.29) is 5.69 Å². The molecule has 1 aromatic carbocycles. The lowest BCUT2D eigenvalue weighted by Gasteiger charge is -2.08. The zero-order chi connectivity index (χ0) is 17.3. The van der Waals surface area contributed by atoms with Gasteiger partial charge in [0.1, 0.15) is 4.90 Å². The highest BCUT2D eigenvalue weighted by molar-refractivity contribution is 7.87. The van der Waals surface area contributed by atoms with Crippen LogP contribution in [0.3, 0.4) is 0 Å². The van der Waals surface area contributed by atoms with Crippen LogP contribution in [0.1, 0.15) is 5.56 Å². The second-order valence-electron chi connectivity index (χ2n) is 4.17. The van der Waals surface area contributed by atoms with E-state index in [9.17, 15) is 31.7 Å². The number of benzene rings is 1. The standard InChI is InChI=1S/C12H7F3N2O5S/c13-12(14,15)8-1-6-11(16-7-8)22-23(20,21)10-4-2-9(3-5-10)17(18)19/h1-7H. The summed E-state index contributed by atoms with van der Waals surface area (Å²) in [5.74, 6) is -0.559. The number of nitro groups is 1. The minimum Gasteiger partial charge on any atom is -0.358 e. The number of halogens is 3. The van der Waals surface area contributed by atoms with Gasteiger partial charge < -0.3 is 4.18 Å². The van der Waals surface area contributed by atoms with E-state index in [4.69, 9.17) is 0 Å². The molecule has 0 saturated carbocycles. The summed E-state index contributed by atoms with van der Waals surface area (Å²) in [6.45, 7) is 0. The van der Waals surface area contributed by atoms with Crippen LogP contribution in [0.25, 0.3) is 0 Å². The Hall–Kier alpha value is -2.69. The van der Waals surface area contributed by atoms with Crippen LogP contribution < -0.4 is 4.18 Å². The highest BCUT2D eigenvalue weighted by atomic mass is 32.2. The summed E-state index contributed by atoms with van der Waals surface area (Å²) in [7, 11) is -4.37. The summed E-state index contributed by atoms with van der Waals surface area (Å²) in [4.78, 5) is 12.6. The van der Waals surface area contributed by atoms with E-state index in [1.165, 1.54) is 0 Å². The maximum Gasteiger partial charge on any atom is 0.417 e. The predicted octanol–water partition coefficient (Wildman–Crippen LogP) is 2.78. The Balaban J connectivity index is 2.22. The number of alkyl halides is 3. The molecule has 0 amide bonds. The average molecular weight is 348 g/mol. The SMILES string of the molecule is O=[N+]([O-])c1ccc(S(=O)(=O)Oc2ccc(C(F)(F)F)cn2)cc1. The molecule has 2 aromatic rings. The molecule has 0 fully saturated rings. The van der Waals surface area contributed by atoms with Crippen molar-refractivity contribution in [3.63, 3.8) is 0 Å². The lowest BCUT2D eigenvalue weighted by atomic mass is 10.3. The third-order valence-corrected chi connectivity index (χ3v) is 3.83. The van der Waals surface area contributed by atoms with E-state index in [2.05, 4.69) is 9.17 Å². The number of aromatic nitrogens is 1. The van der Waals surface area contributed by atoms with E-state index in [1.54, 1.807) is 0 Å². The van der Waals surface area contributed by atoms with Crippen LogP contribution in [0.2, 0.25) is 0 Å². The minimum absolute atomic E-state index is 0.323. The predicted molar refractivity (Wildman–Crippen MR) is 70.1 cm³/mol. The topological polar surface area (TPSA) is 99.4 Å². The van der Waals surface area contributed by atoms with E-state index in [0.29, 0.717) is 12.3 Å². The number of nitro benzene ring substituents is 1. The normalized spacial score (nSPS) is 12.0. The summed E-state index contributed by atoms with van der Waals surface area (Å²) in [6.07, 6.45) is -4.18. The molecule has 0 N–H and O–H groups in total. The lowest BCUT2D eigenvalue weighted by molar-refractivity contribution is -0.384. The Bertz CT molecular complexity index is 817. The molecular formula is C12H7F3N2O5S. The molecule has 0 aliphatic heterocycles. The second-order valence-corrected chi connectivity index (χ2v) is 5.72. The third kappa shape index (κ3) is 3.94. The van der Waals surface area contributed by atoms with Crippen molar-refractivity contribution in [2.75, 3.05) is 0 Å². The number of rotatable bonds is 4. The summed E-state index contributed by atoms with van der Waals surface area (Å²) in [6, 6.07) is 5.17. The van der Waals surface area contributed by atoms with Gasteiger partial charge in [-0.15, -0.1) is 0 Å². The van der Waals surface area contributed by atoms with Crippen molar-refractivity contribution < 1.29 is 30.7 Å². The van der Waals surface area contributed by atoms with Gasteiger partial charge in [-0.3, -0.25) is 10.1 Å². The maximum absolute atomic E-state index is 12.4. The van der Waals surface area contributed by atoms with Crippen LogP contribution >= 0.6 is 0 Å². The number of pyridine rings is 1. The van der Waals surface area contributed by atoms with Crippen LogP contribution in [0.4, 0.5) is 18.9 Å². The first-order valence-electron chi connectivity index (χ1n) is 5.82. The number of hydrogen-bond donors (Lipinski definition) is 0. The molecule has 0 radical (unpaired) electrons. The minimum atomic E-state index is -4.61. The highest BCUT2D eigenvalue weighted by Crippen LogP contribution is 2.29. The van der Waals surface area contributed by atoms with E-state index >= 15 is 0 Å². The van der Waals surface area contributed by atoms with Crippen LogP contribution in [0, 0.1) is 10.1 Å². The van der Waals surface area contributed by atoms with Crippen molar-refractivity contribution in [1.29, 1.82) is 0 Å². The zero-order valence-corrected chi connectivity index (χ0v) is 11.8. The molecule has 0 saturated heterocycles. The van der Waals surface area contributed by atoms with Crippen molar-refractivity contribution >= 4 is 15.8 Å². The average Bonchev–Trinajstić information content (AvgIpc) is 2.46. The molecule has 1 heterocycles. The molecule has 0 aliphatic carbocycles. The van der Waals surface area contributed by atoms with Gasteiger partial charge in [-0.25, -0.2) is 4.98 Å². The van der Waals surface area contributed by atoms with Gasteiger partial charge in [-0.05, 0) is 18.2 Å². The summed E-state index contributed by atoms with van der Waals surface area (Å²) < 4.78 is 65.5. The van der Waals surface area contributed by atoms with Gasteiger partial charge in [0, 0.05) is 24.4 Å². The van der Waals surface area contributed by atoms with Crippen molar-refractivity contribution in [2.24, 2.45) is 0 Å². The van der Waals surface area contributed by atoms with Crippen molar-refractivity contribution in [2.45, 2.75) is 11.1 Å². The molecule has 0 atom stereocenters. The fourth-order valence-corrected chi connectivity index (χ4v) is 2.38. The van der Waals surface area contributed by atoms with E-state index < -0.39 is 37.6 Å². The first kappa shape index (κ1) is 16.7. The Morgan fingerprint density at radius 2 is 1.70 bits per heavy atom. The largest absolute Gasteiger partial charge is 0.417 e. The van der Waals surface area contributed by atoms with Crippen molar-refractivity contribution in [1.82, 2.24) is 4.98 Å². The second kappa shape index (κ2) is 5.83. The number of nitrogens with zero attached hydrogens (tertiary/aromatic N) is 2. The zero-order valence-electron chi connectivity index (χ0n) is 11.0. The van der Waals surface area contributed by atoms with Gasteiger partial charge in [0.2, 0.25) is 5.88 Å². The molecule has 0 bridgehead atoms. The fourth-order valence-electron chi connectivity index (χ4n) is 1.49. The maximum atomic E-state index is 12.4. The van der Waals surface area contributed by atoms with Crippen molar-refractivity contribution in [3.8, 4) is 5.88 Å². The monoisotopic (exact) mass is 348 g/mol. The van der Waals surface area contributed by atoms with Crippen LogP contribution in [-0.4, -0.2) is 18.3 Å². The quantitative estimate of drug-likeness (QED) is 0.478. The molecule has 2 rings (SSSR count). The first-order chi connectivity index (χ1) is 10.6. The molecule has 11 heteroatoms. The number of non-ortho nitro benzene ring substituents is 1. The number of hydrogen-bond acceptors (Lipinski definition) is 6. The van der Waals surface area contributed by atoms with E-state index in [0.717, 1.165) is 30.3 Å². The molecule has 0 spiro atoms. The van der Waals surface area contributed by atoms with Crippen molar-refractivity contribution in [3.05, 3.63) is 58.3 Å². The Kier molecular flexibility index (Phi) is 4.23. The lowest BCUT2D eigenvalue weighted by Crippen LogP contribution is -2.11. The molecule has 23 heavy (non-hydrogen) atoms. The molecular weight excluding hydrogens is 341 g/mol. The van der Waals surface area contributed by atoms with Crippen LogP contribution in [0.15, 0.2) is 47.5 Å². The van der Waals surface area contributed by atoms with Gasteiger partial charge in [0.25, 0.3) is 5.69 Å². The Morgan fingerprint density at radius 1 is 1.09 bits per heavy atom. The van der Waals surface area contributed by atoms with Gasteiger partial charge in [-0.2, -0.15) is 21.6 Å². The van der Waals surface area contributed by atoms with Gasteiger partial charge >= 0.3 is 16.3 Å². The molecule has 0 unspecified atom stereocenters. The smallest absolute Gasteiger partial charge is 0.358 e. The summed E-state index contributed by atoms with van der Waals surface area (Å²) >= 11 is 0. The highest BCUT2D eigenvalue weighted by Gasteiger charge is 2.31. The third-order valence-electron chi connectivity index (χ3n) is 2.59. The van der Waals surface area contributed by atoms with Crippen LogP contribution in [0.5, 0.6) is 5.88 Å². The van der Waals surface area contributed by atoms with Crippen LogP contribution in [-0.2, 0) is 16.3 Å². The van der Waals surface area contributed by atoms with Gasteiger partial charge in [0.15, 0.2) is 0 Å². The molecule has 0 aliphatic rings. The Labute approximate surface area is 127 Å². The fraction of sp³-hybridized carbons (Fsp3) is 0.0833. The van der Waals surface area contributed by atoms with E-state index in [1.807, 2.05) is 0 Å². The molecule has 1 aromatic heterocycles. The first-order valence-corrected chi connectivity index (χ1v) is 7.22. The van der Waals surface area contributed by atoms with Gasteiger partial charge in [-0.1, -0.05) is 0 Å². The van der Waals surface area contributed by atoms with Gasteiger partial charge in [0.05, 0.1) is 10.5 Å². The molecule has 122 valence electrons. The molecule has 7 nitrogen and oxygen atoms in total.